The second kappa shape index (κ2) is 9.95. The molecule has 1 N–H and O–H groups in total. The van der Waals surface area contributed by atoms with Gasteiger partial charge in [0.25, 0.3) is 0 Å². The number of nitrogens with zero attached hydrogens (tertiary/aromatic N) is 2. The third-order valence-corrected chi connectivity index (χ3v) is 7.89. The van der Waals surface area contributed by atoms with Crippen LogP contribution in [-0.2, 0) is 17.6 Å². The lowest BCUT2D eigenvalue weighted by atomic mass is 9.95. The van der Waals surface area contributed by atoms with E-state index in [1.807, 2.05) is 26.8 Å². The third kappa shape index (κ3) is 4.47. The molecule has 3 aromatic heterocycles. The van der Waals surface area contributed by atoms with Crippen molar-refractivity contribution in [2.45, 2.75) is 46.5 Å². The Bertz CT molecular complexity index is 1510. The zero-order valence-electron chi connectivity index (χ0n) is 20.3. The maximum absolute atomic E-state index is 12.9. The van der Waals surface area contributed by atoms with Crippen LogP contribution in [-0.4, -0.2) is 29.3 Å². The van der Waals surface area contributed by atoms with Crippen LogP contribution in [0.2, 0.25) is 5.02 Å². The highest BCUT2D eigenvalue weighted by Crippen LogP contribution is 2.39. The molecule has 36 heavy (non-hydrogen) atoms. The fourth-order valence-electron chi connectivity index (χ4n) is 4.70. The number of hydrazone groups is 1. The van der Waals surface area contributed by atoms with Gasteiger partial charge in [0.1, 0.15) is 10.6 Å². The summed E-state index contributed by atoms with van der Waals surface area (Å²) in [5, 5.41) is 6.36. The first-order chi connectivity index (χ1) is 17.4. The monoisotopic (exact) mass is 523 g/mol. The molecule has 1 aliphatic rings. The molecule has 3 heterocycles. The standard InChI is InChI=1S/C27H26ClN3O4S/c1-4-34-27(33)24-20-7-5-6-8-23(20)36-26(24)31-15(2)11-18(16(31)3)14-29-30-25(32)22-13-17-12-19(28)9-10-21(17)35-22/h9-14H,4-8H2,1-3H3,(H,30,32)/b29-14+. The Morgan fingerprint density at radius 1 is 1.22 bits per heavy atom. The molecule has 0 saturated heterocycles. The number of hydrogen-bond donors (Lipinski definition) is 1. The summed E-state index contributed by atoms with van der Waals surface area (Å²) < 4.78 is 13.1. The predicted octanol–water partition coefficient (Wildman–Crippen LogP) is 6.37. The van der Waals surface area contributed by atoms with Gasteiger partial charge >= 0.3 is 11.9 Å². The van der Waals surface area contributed by atoms with Crippen LogP contribution in [0.1, 0.15) is 68.1 Å². The number of furan rings is 1. The van der Waals surface area contributed by atoms with E-state index in [-0.39, 0.29) is 11.7 Å². The van der Waals surface area contributed by atoms with E-state index in [1.165, 1.54) is 4.88 Å². The quantitative estimate of drug-likeness (QED) is 0.181. The van der Waals surface area contributed by atoms with E-state index in [4.69, 9.17) is 20.8 Å². The SMILES string of the molecule is CCOC(=O)c1c(-n2c(C)cc(/C=N/NC(=O)c3cc4cc(Cl)ccc4o3)c2C)sc2c1CCCC2. The minimum atomic E-state index is -0.456. The zero-order valence-corrected chi connectivity index (χ0v) is 21.9. The third-order valence-electron chi connectivity index (χ3n) is 6.38. The van der Waals surface area contributed by atoms with Crippen LogP contribution < -0.4 is 5.43 Å². The van der Waals surface area contributed by atoms with Gasteiger partial charge in [-0.15, -0.1) is 11.3 Å². The van der Waals surface area contributed by atoms with Gasteiger partial charge in [0.05, 0.1) is 18.4 Å². The molecule has 0 saturated carbocycles. The molecule has 1 aliphatic carbocycles. The Balaban J connectivity index is 1.42. The van der Waals surface area contributed by atoms with Gasteiger partial charge in [0.2, 0.25) is 0 Å². The van der Waals surface area contributed by atoms with Crippen LogP contribution in [0, 0.1) is 13.8 Å². The number of carbonyl (C=O) groups is 2. The number of benzene rings is 1. The van der Waals surface area contributed by atoms with Crippen molar-refractivity contribution >= 4 is 52.0 Å². The molecule has 0 unspecified atom stereocenters. The molecule has 9 heteroatoms. The summed E-state index contributed by atoms with van der Waals surface area (Å²) in [5.41, 5.74) is 7.65. The largest absolute Gasteiger partial charge is 0.462 e. The number of nitrogens with one attached hydrogen (secondary N) is 1. The van der Waals surface area contributed by atoms with Crippen molar-refractivity contribution in [1.82, 2.24) is 9.99 Å². The number of aryl methyl sites for hydroxylation is 2. The van der Waals surface area contributed by atoms with E-state index in [9.17, 15) is 9.59 Å². The second-order valence-corrected chi connectivity index (χ2v) is 10.3. The van der Waals surface area contributed by atoms with Gasteiger partial charge in [0.15, 0.2) is 5.76 Å². The maximum atomic E-state index is 12.9. The molecule has 0 spiro atoms. The van der Waals surface area contributed by atoms with Crippen molar-refractivity contribution in [3.05, 3.63) is 74.1 Å². The van der Waals surface area contributed by atoms with E-state index in [0.717, 1.165) is 58.6 Å². The summed E-state index contributed by atoms with van der Waals surface area (Å²) in [5.74, 6) is -0.574. The number of halogens is 1. The Labute approximate surface area is 217 Å². The van der Waals surface area contributed by atoms with E-state index >= 15 is 0 Å². The molecular weight excluding hydrogens is 498 g/mol. The van der Waals surface area contributed by atoms with Crippen molar-refractivity contribution in [3.8, 4) is 5.00 Å². The highest BCUT2D eigenvalue weighted by Gasteiger charge is 2.28. The van der Waals surface area contributed by atoms with Gasteiger partial charge in [-0.3, -0.25) is 4.79 Å². The van der Waals surface area contributed by atoms with Gasteiger partial charge in [-0.1, -0.05) is 11.6 Å². The summed E-state index contributed by atoms with van der Waals surface area (Å²) in [6.45, 7) is 6.14. The van der Waals surface area contributed by atoms with Crippen LogP contribution in [0.25, 0.3) is 16.0 Å². The molecule has 1 amide bonds. The van der Waals surface area contributed by atoms with Crippen molar-refractivity contribution in [2.24, 2.45) is 5.10 Å². The Morgan fingerprint density at radius 2 is 2.03 bits per heavy atom. The van der Waals surface area contributed by atoms with E-state index in [2.05, 4.69) is 15.1 Å². The molecule has 0 aliphatic heterocycles. The number of amides is 1. The van der Waals surface area contributed by atoms with Crippen LogP contribution in [0.4, 0.5) is 0 Å². The number of thiophene rings is 1. The average Bonchev–Trinajstić information content (AvgIpc) is 3.52. The topological polar surface area (TPSA) is 85.8 Å². The number of rotatable bonds is 6. The fraction of sp³-hybridized carbons (Fsp3) is 0.296. The molecule has 0 bridgehead atoms. The summed E-state index contributed by atoms with van der Waals surface area (Å²) in [7, 11) is 0. The van der Waals surface area contributed by atoms with Crippen molar-refractivity contribution in [2.75, 3.05) is 6.61 Å². The summed E-state index contributed by atoms with van der Waals surface area (Å²) in [6, 6.07) is 8.79. The highest BCUT2D eigenvalue weighted by atomic mass is 35.5. The minimum Gasteiger partial charge on any atom is -0.462 e. The predicted molar refractivity (Wildman–Crippen MR) is 142 cm³/mol. The molecule has 0 radical (unpaired) electrons. The molecule has 4 aromatic rings. The highest BCUT2D eigenvalue weighted by molar-refractivity contribution is 7.15. The van der Waals surface area contributed by atoms with Gasteiger partial charge in [-0.05, 0) is 82.3 Å². The number of fused-ring (bicyclic) bond motifs is 2. The van der Waals surface area contributed by atoms with Crippen LogP contribution in [0.3, 0.4) is 0 Å². The normalized spacial score (nSPS) is 13.3. The first kappa shape index (κ1) is 24.3. The molecule has 0 atom stereocenters. The number of esters is 1. The molecule has 0 fully saturated rings. The lowest BCUT2D eigenvalue weighted by molar-refractivity contribution is 0.0525. The molecule has 5 rings (SSSR count). The van der Waals surface area contributed by atoms with E-state index in [0.29, 0.717) is 22.8 Å². The number of ether oxygens (including phenoxy) is 1. The molecule has 7 nitrogen and oxygen atoms in total. The average molecular weight is 524 g/mol. The van der Waals surface area contributed by atoms with Crippen LogP contribution in [0.15, 0.2) is 39.9 Å². The number of carbonyl (C=O) groups excluding carboxylic acids is 2. The first-order valence-electron chi connectivity index (χ1n) is 11.9. The lowest BCUT2D eigenvalue weighted by Crippen LogP contribution is -2.16. The van der Waals surface area contributed by atoms with Crippen LogP contribution >= 0.6 is 22.9 Å². The first-order valence-corrected chi connectivity index (χ1v) is 13.1. The Kier molecular flexibility index (Phi) is 6.73. The summed E-state index contributed by atoms with van der Waals surface area (Å²) in [4.78, 5) is 26.8. The van der Waals surface area contributed by atoms with Crippen LogP contribution in [0.5, 0.6) is 0 Å². The summed E-state index contributed by atoms with van der Waals surface area (Å²) >= 11 is 7.68. The van der Waals surface area contributed by atoms with Gasteiger partial charge in [-0.2, -0.15) is 5.10 Å². The Morgan fingerprint density at radius 3 is 2.83 bits per heavy atom. The van der Waals surface area contributed by atoms with Crippen molar-refractivity contribution < 1.29 is 18.7 Å². The van der Waals surface area contributed by atoms with Gasteiger partial charge in [0, 0.05) is 32.2 Å². The molecule has 186 valence electrons. The van der Waals surface area contributed by atoms with E-state index < -0.39 is 5.91 Å². The molecular formula is C27H26ClN3O4S. The number of aromatic nitrogens is 1. The zero-order chi connectivity index (χ0) is 25.4. The van der Waals surface area contributed by atoms with Crippen molar-refractivity contribution in [1.29, 1.82) is 0 Å². The van der Waals surface area contributed by atoms with Gasteiger partial charge < -0.3 is 13.7 Å². The maximum Gasteiger partial charge on any atom is 0.341 e. The van der Waals surface area contributed by atoms with E-state index in [1.54, 1.807) is 41.8 Å². The fourth-order valence-corrected chi connectivity index (χ4v) is 6.36. The Hall–Kier alpha value is -3.36. The number of hydrogen-bond acceptors (Lipinski definition) is 6. The summed E-state index contributed by atoms with van der Waals surface area (Å²) in [6.07, 6.45) is 5.70. The second-order valence-electron chi connectivity index (χ2n) is 8.77. The smallest absolute Gasteiger partial charge is 0.341 e. The lowest BCUT2D eigenvalue weighted by Gasteiger charge is -2.13. The van der Waals surface area contributed by atoms with Gasteiger partial charge in [-0.25, -0.2) is 10.2 Å². The molecule has 1 aromatic carbocycles. The minimum absolute atomic E-state index is 0.151. The van der Waals surface area contributed by atoms with Crippen molar-refractivity contribution in [3.63, 3.8) is 0 Å².